The molecule has 2 aliphatic rings. The number of carbonyl (C=O) groups is 3. The number of benzene rings is 2. The summed E-state index contributed by atoms with van der Waals surface area (Å²) in [7, 11) is 4.25. The van der Waals surface area contributed by atoms with Crippen LogP contribution in [0.1, 0.15) is 31.3 Å². The van der Waals surface area contributed by atoms with Gasteiger partial charge in [0.05, 0.1) is 27.9 Å². The summed E-state index contributed by atoms with van der Waals surface area (Å²) >= 11 is 0. The first kappa shape index (κ1) is 31.8. The molecule has 13 nitrogen and oxygen atoms in total. The Labute approximate surface area is 248 Å². The van der Waals surface area contributed by atoms with Crippen molar-refractivity contribution in [3.8, 4) is 17.2 Å². The van der Waals surface area contributed by atoms with E-state index in [1.165, 1.54) is 41.3 Å². The van der Waals surface area contributed by atoms with Gasteiger partial charge in [-0.25, -0.2) is 9.59 Å². The van der Waals surface area contributed by atoms with Crippen LogP contribution in [0.15, 0.2) is 48.5 Å². The van der Waals surface area contributed by atoms with Crippen LogP contribution in [0.4, 0.5) is 0 Å². The van der Waals surface area contributed by atoms with Crippen molar-refractivity contribution in [2.24, 2.45) is 0 Å². The average molecular weight is 602 g/mol. The number of methoxy groups -OCH3 is 3. The summed E-state index contributed by atoms with van der Waals surface area (Å²) in [6.45, 7) is 2.73. The molecule has 0 radical (unpaired) electrons. The summed E-state index contributed by atoms with van der Waals surface area (Å²) in [5.41, 5.74) is 1.25. The van der Waals surface area contributed by atoms with Crippen molar-refractivity contribution in [2.45, 2.75) is 56.9 Å². The zero-order valence-electron chi connectivity index (χ0n) is 24.4. The minimum atomic E-state index is -1.26. The van der Waals surface area contributed by atoms with E-state index in [9.17, 15) is 19.5 Å². The Morgan fingerprint density at radius 3 is 2.44 bits per heavy atom. The number of hydrogen-bond acceptors (Lipinski definition) is 11. The van der Waals surface area contributed by atoms with E-state index in [0.717, 1.165) is 0 Å². The fourth-order valence-electron chi connectivity index (χ4n) is 4.78. The molecule has 0 saturated carbocycles. The minimum Gasteiger partial charge on any atom is -0.496 e. The van der Waals surface area contributed by atoms with Gasteiger partial charge in [-0.1, -0.05) is 24.3 Å². The average Bonchev–Trinajstić information content (AvgIpc) is 3.01. The Kier molecular flexibility index (Phi) is 10.6. The lowest BCUT2D eigenvalue weighted by molar-refractivity contribution is -0.340. The molecule has 1 amide bonds. The van der Waals surface area contributed by atoms with E-state index in [2.05, 4.69) is 10.1 Å². The van der Waals surface area contributed by atoms with Gasteiger partial charge >= 0.3 is 11.9 Å². The fraction of sp³-hybridized carbons (Fsp3) is 0.433. The highest BCUT2D eigenvalue weighted by molar-refractivity contribution is 5.87. The summed E-state index contributed by atoms with van der Waals surface area (Å²) in [6, 6.07) is 11.1. The number of rotatable bonds is 11. The lowest BCUT2D eigenvalue weighted by Gasteiger charge is -2.49. The molecule has 0 aliphatic carbocycles. The van der Waals surface area contributed by atoms with Gasteiger partial charge in [0.1, 0.15) is 30.1 Å². The number of aliphatic carboxylic acids is 1. The van der Waals surface area contributed by atoms with Crippen LogP contribution >= 0.6 is 0 Å². The molecule has 2 aromatic carbocycles. The van der Waals surface area contributed by atoms with Gasteiger partial charge in [-0.3, -0.25) is 4.79 Å². The van der Waals surface area contributed by atoms with Gasteiger partial charge in [0.25, 0.3) is 0 Å². The zero-order valence-corrected chi connectivity index (χ0v) is 24.4. The van der Waals surface area contributed by atoms with Crippen LogP contribution in [0.5, 0.6) is 17.2 Å². The number of esters is 1. The number of hydrogen-bond donors (Lipinski definition) is 2. The molecule has 232 valence electrons. The molecule has 2 N–H and O–H groups in total. The van der Waals surface area contributed by atoms with E-state index < -0.39 is 60.9 Å². The summed E-state index contributed by atoms with van der Waals surface area (Å²) in [4.78, 5) is 35.7. The van der Waals surface area contributed by atoms with E-state index in [1.54, 1.807) is 36.4 Å². The van der Waals surface area contributed by atoms with Crippen LogP contribution in [0.3, 0.4) is 0 Å². The van der Waals surface area contributed by atoms with Crippen LogP contribution in [-0.4, -0.2) is 87.6 Å². The molecule has 2 aromatic rings. The van der Waals surface area contributed by atoms with Crippen molar-refractivity contribution in [1.82, 2.24) is 5.32 Å². The Hall–Kier alpha value is -4.17. The second-order valence-corrected chi connectivity index (χ2v) is 9.74. The second-order valence-electron chi connectivity index (χ2n) is 9.74. The molecular weight excluding hydrogens is 566 g/mol. The maximum atomic E-state index is 12.4. The van der Waals surface area contributed by atoms with E-state index >= 15 is 0 Å². The number of ether oxygens (including phenoxy) is 8. The smallest absolute Gasteiger partial charge is 0.332 e. The van der Waals surface area contributed by atoms with E-state index in [4.69, 9.17) is 33.2 Å². The first-order valence-electron chi connectivity index (χ1n) is 13.5. The molecule has 0 bridgehead atoms. The highest BCUT2D eigenvalue weighted by Crippen LogP contribution is 2.40. The molecule has 4 rings (SSSR count). The molecule has 2 saturated heterocycles. The van der Waals surface area contributed by atoms with Crippen LogP contribution in [0.25, 0.3) is 6.08 Å². The number of carbonyl (C=O) groups excluding carboxylic acids is 2. The molecule has 2 fully saturated rings. The summed E-state index contributed by atoms with van der Waals surface area (Å²) in [6.07, 6.45) is -3.16. The van der Waals surface area contributed by atoms with Gasteiger partial charge in [-0.15, -0.1) is 0 Å². The topological polar surface area (TPSA) is 157 Å². The van der Waals surface area contributed by atoms with Crippen LogP contribution < -0.4 is 19.5 Å². The summed E-state index contributed by atoms with van der Waals surface area (Å²) in [5.74, 6) is -1.05. The van der Waals surface area contributed by atoms with Gasteiger partial charge in [-0.2, -0.15) is 0 Å². The summed E-state index contributed by atoms with van der Waals surface area (Å²) in [5, 5.41) is 12.4. The molecule has 0 aromatic heterocycles. The molecule has 2 heterocycles. The highest BCUT2D eigenvalue weighted by Gasteiger charge is 2.53. The van der Waals surface area contributed by atoms with Crippen molar-refractivity contribution < 1.29 is 57.4 Å². The number of amides is 1. The monoisotopic (exact) mass is 601 g/mol. The van der Waals surface area contributed by atoms with Gasteiger partial charge in [0.15, 0.2) is 23.9 Å². The third-order valence-corrected chi connectivity index (χ3v) is 6.85. The maximum absolute atomic E-state index is 12.4. The fourth-order valence-corrected chi connectivity index (χ4v) is 4.78. The molecular formula is C30H35NO12. The van der Waals surface area contributed by atoms with Crippen molar-refractivity contribution in [3.05, 3.63) is 59.7 Å². The second kappa shape index (κ2) is 14.3. The normalized spacial score (nSPS) is 25.7. The predicted molar refractivity (Wildman–Crippen MR) is 149 cm³/mol. The van der Waals surface area contributed by atoms with E-state index in [1.807, 2.05) is 12.1 Å². The van der Waals surface area contributed by atoms with Gasteiger partial charge in [-0.05, 0) is 36.8 Å². The standard InChI is InChI=1S/C30H35NO12/c1-16(28(34)35)40-27-25(31-17(2)32)30(41-21-12-10-18(14-22(21)37-4)11-13-24(33)38-5)42-23-15-39-29(43-26(23)27)19-8-6-7-9-20(19)36-3/h6-14,16,23,25-27,29-30H,15H2,1-5H3,(H,31,32)(H,34,35). The Balaban J connectivity index is 1.66. The quantitative estimate of drug-likeness (QED) is 0.287. The van der Waals surface area contributed by atoms with E-state index in [-0.39, 0.29) is 12.4 Å². The first-order chi connectivity index (χ1) is 20.6. The first-order valence-corrected chi connectivity index (χ1v) is 13.5. The SMILES string of the molecule is COC(=O)C=Cc1ccc(OC2OC3COC(c4ccccc4OC)OC3C(OC(C)C(=O)O)C2NC(C)=O)c(OC)c1. The number of carboxylic acids is 1. The highest BCUT2D eigenvalue weighted by atomic mass is 16.8. The summed E-state index contributed by atoms with van der Waals surface area (Å²) < 4.78 is 46.4. The molecule has 7 unspecified atom stereocenters. The maximum Gasteiger partial charge on any atom is 0.332 e. The third-order valence-electron chi connectivity index (χ3n) is 6.85. The van der Waals surface area contributed by atoms with Gasteiger partial charge in [0.2, 0.25) is 12.2 Å². The largest absolute Gasteiger partial charge is 0.496 e. The molecule has 2 aliphatic heterocycles. The molecule has 43 heavy (non-hydrogen) atoms. The Bertz CT molecular complexity index is 1330. The van der Waals surface area contributed by atoms with Crippen LogP contribution in [0.2, 0.25) is 0 Å². The predicted octanol–water partition coefficient (Wildman–Crippen LogP) is 2.47. The number of para-hydroxylation sites is 1. The van der Waals surface area contributed by atoms with Crippen LogP contribution in [-0.2, 0) is 38.1 Å². The van der Waals surface area contributed by atoms with Crippen molar-refractivity contribution in [2.75, 3.05) is 27.9 Å². The Morgan fingerprint density at radius 1 is 1.02 bits per heavy atom. The van der Waals surface area contributed by atoms with Crippen molar-refractivity contribution >= 4 is 23.9 Å². The molecule has 0 spiro atoms. The number of nitrogens with one attached hydrogen (secondary N) is 1. The van der Waals surface area contributed by atoms with Crippen LogP contribution in [0, 0.1) is 0 Å². The number of carboxylic acid groups (broad SMARTS) is 1. The van der Waals surface area contributed by atoms with Crippen molar-refractivity contribution in [3.63, 3.8) is 0 Å². The lowest BCUT2D eigenvalue weighted by atomic mass is 9.95. The lowest BCUT2D eigenvalue weighted by Crippen LogP contribution is -2.68. The third kappa shape index (κ3) is 7.62. The Morgan fingerprint density at radius 2 is 1.77 bits per heavy atom. The number of fused-ring (bicyclic) bond motifs is 1. The minimum absolute atomic E-state index is 0.0374. The molecule has 13 heteroatoms. The van der Waals surface area contributed by atoms with Gasteiger partial charge < -0.3 is 48.3 Å². The van der Waals surface area contributed by atoms with Crippen molar-refractivity contribution in [1.29, 1.82) is 0 Å². The van der Waals surface area contributed by atoms with E-state index in [0.29, 0.717) is 22.6 Å². The van der Waals surface area contributed by atoms with Gasteiger partial charge in [0, 0.05) is 18.6 Å². The zero-order chi connectivity index (χ0) is 31.1. The molecule has 7 atom stereocenters.